The zero-order valence-corrected chi connectivity index (χ0v) is 19.7. The maximum Gasteiger partial charge on any atom is 0.103 e. The number of nitriles is 2. The molecule has 0 radical (unpaired) electrons. The molecule has 0 spiro atoms. The molecule has 1 saturated heterocycles. The van der Waals surface area contributed by atoms with E-state index in [2.05, 4.69) is 32.3 Å². The Morgan fingerprint density at radius 1 is 1.09 bits per heavy atom. The number of nitrogens with zero attached hydrogens (tertiary/aromatic N) is 6. The molecule has 0 aliphatic carbocycles. The van der Waals surface area contributed by atoms with Crippen LogP contribution in [0.3, 0.4) is 0 Å². The van der Waals surface area contributed by atoms with Crippen LogP contribution in [0, 0.1) is 22.7 Å². The van der Waals surface area contributed by atoms with E-state index in [1.807, 2.05) is 37.4 Å². The first-order valence-electron chi connectivity index (χ1n) is 11.1. The predicted molar refractivity (Wildman–Crippen MR) is 130 cm³/mol. The summed E-state index contributed by atoms with van der Waals surface area (Å²) in [4.78, 5) is 4.00. The molecule has 172 valence electrons. The van der Waals surface area contributed by atoms with E-state index in [1.165, 1.54) is 37.7 Å². The van der Waals surface area contributed by atoms with Gasteiger partial charge in [0.15, 0.2) is 0 Å². The maximum absolute atomic E-state index is 9.39. The quantitative estimate of drug-likeness (QED) is 0.450. The van der Waals surface area contributed by atoms with Crippen LogP contribution in [0.4, 0.5) is 0 Å². The molecule has 0 saturated carbocycles. The third-order valence-corrected chi connectivity index (χ3v) is 6.58. The summed E-state index contributed by atoms with van der Waals surface area (Å²) in [6.45, 7) is 5.08. The highest BCUT2D eigenvalue weighted by molar-refractivity contribution is 7.99. The highest BCUT2D eigenvalue weighted by atomic mass is 32.2. The van der Waals surface area contributed by atoms with Crippen molar-refractivity contribution in [1.29, 1.82) is 10.5 Å². The highest BCUT2D eigenvalue weighted by Crippen LogP contribution is 2.36. The largest absolute Gasteiger partial charge is 0.392 e. The number of pyridine rings is 1. The average Bonchev–Trinajstić information content (AvgIpc) is 3.61. The first-order valence-corrected chi connectivity index (χ1v) is 11.9. The number of benzene rings is 1. The fourth-order valence-electron chi connectivity index (χ4n) is 3.92. The van der Waals surface area contributed by atoms with Crippen molar-refractivity contribution in [2.45, 2.75) is 35.7 Å². The number of aromatic nitrogens is 4. The molecule has 1 fully saturated rings. The average molecular weight is 472 g/mol. The number of rotatable bonds is 5. The zero-order chi connectivity index (χ0) is 23.9. The Kier molecular flexibility index (Phi) is 7.61. The van der Waals surface area contributed by atoms with Gasteiger partial charge in [-0.25, -0.2) is 4.52 Å². The molecule has 1 unspecified atom stereocenters. The molecule has 2 N–H and O–H groups in total. The molecule has 5 rings (SSSR count). The van der Waals surface area contributed by atoms with Gasteiger partial charge in [-0.05, 0) is 51.1 Å². The summed E-state index contributed by atoms with van der Waals surface area (Å²) in [5, 5.41) is 38.8. The van der Waals surface area contributed by atoms with Gasteiger partial charge in [0, 0.05) is 39.9 Å². The Labute approximate surface area is 202 Å². The van der Waals surface area contributed by atoms with E-state index in [4.69, 9.17) is 5.11 Å². The van der Waals surface area contributed by atoms with Crippen molar-refractivity contribution in [3.05, 3.63) is 66.2 Å². The van der Waals surface area contributed by atoms with E-state index in [1.54, 1.807) is 29.2 Å². The summed E-state index contributed by atoms with van der Waals surface area (Å²) in [5.41, 5.74) is 3.66. The van der Waals surface area contributed by atoms with Crippen LogP contribution in [-0.4, -0.2) is 55.6 Å². The van der Waals surface area contributed by atoms with Crippen molar-refractivity contribution < 1.29 is 5.11 Å². The smallest absolute Gasteiger partial charge is 0.103 e. The molecule has 1 atom stereocenters. The Morgan fingerprint density at radius 2 is 1.85 bits per heavy atom. The standard InChI is InChI=1S/C18H10N6S.C7H15NO/c19-6-12-3-1-2-4-16(12)25-17-5-13(15-8-21-22-9-15)11-24-18(17)14(7-20)10-23-24;1-7(9)6-8-4-2-3-5-8/h1-5,8-11H,(H,21,22);7,9H,2-6H2,1H3. The third kappa shape index (κ3) is 5.46. The van der Waals surface area contributed by atoms with Gasteiger partial charge in [-0.1, -0.05) is 23.9 Å². The third-order valence-electron chi connectivity index (χ3n) is 5.48. The van der Waals surface area contributed by atoms with E-state index >= 15 is 0 Å². The van der Waals surface area contributed by atoms with Gasteiger partial charge < -0.3 is 10.0 Å². The summed E-state index contributed by atoms with van der Waals surface area (Å²) in [5.74, 6) is 0. The minimum atomic E-state index is -0.150. The summed E-state index contributed by atoms with van der Waals surface area (Å²) in [6, 6.07) is 13.8. The van der Waals surface area contributed by atoms with E-state index in [9.17, 15) is 10.5 Å². The normalized spacial score (nSPS) is 14.2. The Hall–Kier alpha value is -3.63. The van der Waals surface area contributed by atoms with Crippen molar-refractivity contribution in [2.75, 3.05) is 19.6 Å². The number of aliphatic hydroxyl groups is 1. The number of hydrogen-bond donors (Lipinski definition) is 2. The van der Waals surface area contributed by atoms with Crippen LogP contribution >= 0.6 is 11.8 Å². The van der Waals surface area contributed by atoms with E-state index in [0.29, 0.717) is 11.1 Å². The van der Waals surface area contributed by atoms with Gasteiger partial charge >= 0.3 is 0 Å². The molecule has 4 aromatic rings. The topological polar surface area (TPSA) is 117 Å². The van der Waals surface area contributed by atoms with Gasteiger partial charge in [-0.3, -0.25) is 5.10 Å². The minimum Gasteiger partial charge on any atom is -0.392 e. The van der Waals surface area contributed by atoms with Crippen LogP contribution < -0.4 is 0 Å². The number of H-pyrrole nitrogens is 1. The minimum absolute atomic E-state index is 0.150. The van der Waals surface area contributed by atoms with Gasteiger partial charge in [-0.15, -0.1) is 0 Å². The molecule has 0 bridgehead atoms. The molecule has 1 aliphatic rings. The molecule has 8 nitrogen and oxygen atoms in total. The Balaban J connectivity index is 0.000000257. The van der Waals surface area contributed by atoms with Crippen molar-refractivity contribution >= 4 is 17.3 Å². The number of aliphatic hydroxyl groups excluding tert-OH is 1. The summed E-state index contributed by atoms with van der Waals surface area (Å²) >= 11 is 1.45. The Bertz CT molecular complexity index is 1330. The van der Waals surface area contributed by atoms with Crippen LogP contribution in [0.5, 0.6) is 0 Å². The summed E-state index contributed by atoms with van der Waals surface area (Å²) in [6.07, 6.45) is 9.42. The monoisotopic (exact) mass is 471 g/mol. The molecule has 34 heavy (non-hydrogen) atoms. The lowest BCUT2D eigenvalue weighted by molar-refractivity contribution is 0.141. The van der Waals surface area contributed by atoms with Crippen LogP contribution in [0.15, 0.2) is 64.9 Å². The van der Waals surface area contributed by atoms with Gasteiger partial charge in [0.1, 0.15) is 12.1 Å². The van der Waals surface area contributed by atoms with Crippen LogP contribution in [-0.2, 0) is 0 Å². The van der Waals surface area contributed by atoms with Crippen molar-refractivity contribution in [2.24, 2.45) is 0 Å². The second-order valence-electron chi connectivity index (χ2n) is 8.11. The summed E-state index contributed by atoms with van der Waals surface area (Å²) < 4.78 is 1.69. The SMILES string of the molecule is CC(O)CN1CCCC1.N#Cc1ccccc1Sc1cc(-c2cn[nH]c2)cn2ncc(C#N)c12. The highest BCUT2D eigenvalue weighted by Gasteiger charge is 2.15. The molecule has 9 heteroatoms. The number of β-amino-alcohol motifs (C(OH)–C–C–N with tert-alkyl or cyclic N) is 1. The molecule has 4 heterocycles. The van der Waals surface area contributed by atoms with Gasteiger partial charge in [-0.2, -0.15) is 20.7 Å². The lowest BCUT2D eigenvalue weighted by Crippen LogP contribution is -2.27. The van der Waals surface area contributed by atoms with Gasteiger partial charge in [0.05, 0.1) is 35.1 Å². The first kappa shape index (κ1) is 23.5. The number of aromatic amines is 1. The molecular weight excluding hydrogens is 446 g/mol. The van der Waals surface area contributed by atoms with E-state index in [0.717, 1.165) is 33.0 Å². The Morgan fingerprint density at radius 3 is 2.53 bits per heavy atom. The first-order chi connectivity index (χ1) is 16.6. The molecule has 1 aliphatic heterocycles. The van der Waals surface area contributed by atoms with Crippen LogP contribution in [0.2, 0.25) is 0 Å². The number of hydrogen-bond acceptors (Lipinski definition) is 7. The lowest BCUT2D eigenvalue weighted by Gasteiger charge is -2.15. The van der Waals surface area contributed by atoms with Gasteiger partial charge in [0.25, 0.3) is 0 Å². The van der Waals surface area contributed by atoms with E-state index < -0.39 is 0 Å². The van der Waals surface area contributed by atoms with Gasteiger partial charge in [0.2, 0.25) is 0 Å². The number of nitrogens with one attached hydrogen (secondary N) is 1. The van der Waals surface area contributed by atoms with Crippen molar-refractivity contribution in [3.63, 3.8) is 0 Å². The molecule has 0 amide bonds. The number of fused-ring (bicyclic) bond motifs is 1. The van der Waals surface area contributed by atoms with Crippen LogP contribution in [0.1, 0.15) is 30.9 Å². The summed E-state index contributed by atoms with van der Waals surface area (Å²) in [7, 11) is 0. The molecule has 1 aromatic carbocycles. The van der Waals surface area contributed by atoms with Crippen LogP contribution in [0.25, 0.3) is 16.6 Å². The maximum atomic E-state index is 9.39. The fraction of sp³-hybridized carbons (Fsp3) is 0.280. The lowest BCUT2D eigenvalue weighted by atomic mass is 10.1. The zero-order valence-electron chi connectivity index (χ0n) is 18.8. The molecule has 3 aromatic heterocycles. The van der Waals surface area contributed by atoms with Crippen molar-refractivity contribution in [3.8, 4) is 23.3 Å². The second-order valence-corrected chi connectivity index (χ2v) is 9.19. The fourth-order valence-corrected chi connectivity index (χ4v) is 5.01. The molecular formula is C25H25N7OS. The predicted octanol–water partition coefficient (Wildman–Crippen LogP) is 4.08. The van der Waals surface area contributed by atoms with E-state index in [-0.39, 0.29) is 6.10 Å². The second kappa shape index (κ2) is 11.0. The van der Waals surface area contributed by atoms with Crippen molar-refractivity contribution in [1.82, 2.24) is 24.7 Å². The number of likely N-dealkylation sites (tertiary alicyclic amines) is 1.